The van der Waals surface area contributed by atoms with Gasteiger partial charge in [-0.15, -0.1) is 0 Å². The molecule has 15 heavy (non-hydrogen) atoms. The zero-order valence-electron chi connectivity index (χ0n) is 8.70. The molecule has 1 aliphatic rings. The van der Waals surface area contributed by atoms with Crippen molar-refractivity contribution in [3.05, 3.63) is 23.8 Å². The van der Waals surface area contributed by atoms with E-state index >= 15 is 0 Å². The molecule has 0 saturated carbocycles. The van der Waals surface area contributed by atoms with Gasteiger partial charge < -0.3 is 9.47 Å². The van der Waals surface area contributed by atoms with Crippen LogP contribution in [0.25, 0.3) is 0 Å². The summed E-state index contributed by atoms with van der Waals surface area (Å²) in [6.45, 7) is 1.38. The highest BCUT2D eigenvalue weighted by atomic mass is 79.9. The fourth-order valence-electron chi connectivity index (χ4n) is 1.48. The molecule has 0 saturated heterocycles. The molecule has 1 heterocycles. The van der Waals surface area contributed by atoms with Gasteiger partial charge >= 0.3 is 0 Å². The summed E-state index contributed by atoms with van der Waals surface area (Å²) in [5, 5.41) is 0. The van der Waals surface area contributed by atoms with Gasteiger partial charge in [0, 0.05) is 6.54 Å². The van der Waals surface area contributed by atoms with Crippen LogP contribution in [0, 0.1) is 0 Å². The Kier molecular flexibility index (Phi) is 3.49. The molecule has 0 aliphatic carbocycles. The van der Waals surface area contributed by atoms with Gasteiger partial charge in [0.2, 0.25) is 6.79 Å². The number of ether oxygens (including phenoxy) is 2. The van der Waals surface area contributed by atoms with Crippen molar-refractivity contribution in [2.24, 2.45) is 0 Å². The van der Waals surface area contributed by atoms with Crippen LogP contribution >= 0.6 is 15.9 Å². The van der Waals surface area contributed by atoms with Crippen molar-refractivity contribution >= 4 is 15.9 Å². The first-order chi connectivity index (χ1) is 7.29. The first kappa shape index (κ1) is 10.8. The standard InChI is InChI=1S/C11H14BrNO2/c1-13(7-12)5-4-9-2-3-10-11(6-9)15-8-14-10/h2-3,6H,4-5,7-8H2,1H3. The molecule has 1 aliphatic heterocycles. The van der Waals surface area contributed by atoms with E-state index in [2.05, 4.69) is 40.0 Å². The summed E-state index contributed by atoms with van der Waals surface area (Å²) < 4.78 is 10.6. The van der Waals surface area contributed by atoms with Gasteiger partial charge in [-0.05, 0) is 31.2 Å². The van der Waals surface area contributed by atoms with Crippen LogP contribution in [0.4, 0.5) is 0 Å². The van der Waals surface area contributed by atoms with Crippen molar-refractivity contribution in [2.45, 2.75) is 6.42 Å². The minimum Gasteiger partial charge on any atom is -0.454 e. The van der Waals surface area contributed by atoms with Gasteiger partial charge in [-0.25, -0.2) is 0 Å². The smallest absolute Gasteiger partial charge is 0.231 e. The molecule has 1 aromatic carbocycles. The average Bonchev–Trinajstić information content (AvgIpc) is 2.72. The van der Waals surface area contributed by atoms with Gasteiger partial charge in [0.05, 0.1) is 5.45 Å². The normalized spacial score (nSPS) is 13.5. The molecular weight excluding hydrogens is 258 g/mol. The third kappa shape index (κ3) is 2.63. The van der Waals surface area contributed by atoms with Gasteiger partial charge in [0.15, 0.2) is 11.5 Å². The van der Waals surface area contributed by atoms with Crippen LogP contribution in [-0.2, 0) is 6.42 Å². The molecular formula is C11H14BrNO2. The van der Waals surface area contributed by atoms with Crippen LogP contribution < -0.4 is 9.47 Å². The Balaban J connectivity index is 1.98. The maximum atomic E-state index is 5.33. The molecule has 0 bridgehead atoms. The number of rotatable bonds is 4. The lowest BCUT2D eigenvalue weighted by molar-refractivity contribution is 0.174. The summed E-state index contributed by atoms with van der Waals surface area (Å²) in [5.74, 6) is 1.72. The minimum absolute atomic E-state index is 0.347. The summed E-state index contributed by atoms with van der Waals surface area (Å²) >= 11 is 3.42. The van der Waals surface area contributed by atoms with Gasteiger partial charge in [-0.3, -0.25) is 4.90 Å². The first-order valence-corrected chi connectivity index (χ1v) is 6.05. The Morgan fingerprint density at radius 3 is 2.93 bits per heavy atom. The number of hydrogen-bond acceptors (Lipinski definition) is 3. The molecule has 0 fully saturated rings. The van der Waals surface area contributed by atoms with E-state index in [0.29, 0.717) is 6.79 Å². The van der Waals surface area contributed by atoms with Crippen molar-refractivity contribution in [3.8, 4) is 11.5 Å². The molecule has 3 nitrogen and oxygen atoms in total. The highest BCUT2D eigenvalue weighted by Crippen LogP contribution is 2.32. The maximum absolute atomic E-state index is 5.33. The fourth-order valence-corrected chi connectivity index (χ4v) is 1.73. The summed E-state index contributed by atoms with van der Waals surface area (Å²) in [6, 6.07) is 6.13. The van der Waals surface area contributed by atoms with Gasteiger partial charge in [-0.1, -0.05) is 22.0 Å². The SMILES string of the molecule is CN(CBr)CCc1ccc2c(c1)OCO2. The van der Waals surface area contributed by atoms with Crippen LogP contribution in [0.15, 0.2) is 18.2 Å². The fraction of sp³-hybridized carbons (Fsp3) is 0.455. The largest absolute Gasteiger partial charge is 0.454 e. The Morgan fingerprint density at radius 1 is 1.33 bits per heavy atom. The van der Waals surface area contributed by atoms with Crippen molar-refractivity contribution in [1.82, 2.24) is 4.90 Å². The molecule has 4 heteroatoms. The molecule has 0 aromatic heterocycles. The molecule has 82 valence electrons. The highest BCUT2D eigenvalue weighted by molar-refractivity contribution is 9.09. The predicted octanol–water partition coefficient (Wildman–Crippen LogP) is 2.24. The third-order valence-electron chi connectivity index (χ3n) is 2.42. The zero-order valence-corrected chi connectivity index (χ0v) is 10.3. The first-order valence-electron chi connectivity index (χ1n) is 4.92. The summed E-state index contributed by atoms with van der Waals surface area (Å²) in [4.78, 5) is 2.21. The van der Waals surface area contributed by atoms with E-state index in [1.165, 1.54) is 5.56 Å². The van der Waals surface area contributed by atoms with E-state index in [-0.39, 0.29) is 0 Å². The van der Waals surface area contributed by atoms with Gasteiger partial charge in [-0.2, -0.15) is 0 Å². The van der Waals surface area contributed by atoms with E-state index in [4.69, 9.17) is 9.47 Å². The quantitative estimate of drug-likeness (QED) is 0.620. The summed E-state index contributed by atoms with van der Waals surface area (Å²) in [5.41, 5.74) is 2.18. The van der Waals surface area contributed by atoms with Crippen LogP contribution in [0.1, 0.15) is 5.56 Å². The van der Waals surface area contributed by atoms with Gasteiger partial charge in [0.1, 0.15) is 0 Å². The predicted molar refractivity (Wildman–Crippen MR) is 62.7 cm³/mol. The third-order valence-corrected chi connectivity index (χ3v) is 3.28. The maximum Gasteiger partial charge on any atom is 0.231 e. The number of alkyl halides is 1. The lowest BCUT2D eigenvalue weighted by Gasteiger charge is -2.12. The molecule has 0 atom stereocenters. The topological polar surface area (TPSA) is 21.7 Å². The van der Waals surface area contributed by atoms with Crippen LogP contribution in [-0.4, -0.2) is 30.7 Å². The van der Waals surface area contributed by atoms with E-state index in [9.17, 15) is 0 Å². The van der Waals surface area contributed by atoms with E-state index < -0.39 is 0 Å². The molecule has 0 spiro atoms. The highest BCUT2D eigenvalue weighted by Gasteiger charge is 2.12. The Hall–Kier alpha value is -0.740. The Bertz CT molecular complexity index is 343. The Labute approximate surface area is 98.1 Å². The number of likely N-dealkylation sites (N-methyl/N-ethyl adjacent to an activating group) is 1. The van der Waals surface area contributed by atoms with Crippen molar-refractivity contribution in [1.29, 1.82) is 0 Å². The monoisotopic (exact) mass is 271 g/mol. The molecule has 2 rings (SSSR count). The van der Waals surface area contributed by atoms with E-state index in [1.54, 1.807) is 0 Å². The van der Waals surface area contributed by atoms with Crippen LogP contribution in [0.5, 0.6) is 11.5 Å². The van der Waals surface area contributed by atoms with Crippen LogP contribution in [0.2, 0.25) is 0 Å². The van der Waals surface area contributed by atoms with Crippen LogP contribution in [0.3, 0.4) is 0 Å². The minimum atomic E-state index is 0.347. The summed E-state index contributed by atoms with van der Waals surface area (Å²) in [7, 11) is 2.09. The average molecular weight is 272 g/mol. The number of fused-ring (bicyclic) bond motifs is 1. The molecule has 0 radical (unpaired) electrons. The number of hydrogen-bond donors (Lipinski definition) is 0. The number of benzene rings is 1. The zero-order chi connectivity index (χ0) is 10.7. The van der Waals surface area contributed by atoms with Gasteiger partial charge in [0.25, 0.3) is 0 Å². The molecule has 0 N–H and O–H groups in total. The van der Waals surface area contributed by atoms with Crippen molar-refractivity contribution in [3.63, 3.8) is 0 Å². The van der Waals surface area contributed by atoms with Crippen molar-refractivity contribution in [2.75, 3.05) is 25.8 Å². The van der Waals surface area contributed by atoms with E-state index in [1.807, 2.05) is 6.07 Å². The molecule has 1 aromatic rings. The second-order valence-corrected chi connectivity index (χ2v) is 4.14. The lowest BCUT2D eigenvalue weighted by Crippen LogP contribution is -2.18. The second-order valence-electron chi connectivity index (χ2n) is 3.64. The second kappa shape index (κ2) is 4.86. The number of halogens is 1. The van der Waals surface area contributed by atoms with Crippen molar-refractivity contribution < 1.29 is 9.47 Å². The number of nitrogens with zero attached hydrogens (tertiary/aromatic N) is 1. The summed E-state index contributed by atoms with van der Waals surface area (Å²) in [6.07, 6.45) is 1.03. The molecule has 0 unspecified atom stereocenters. The van der Waals surface area contributed by atoms with E-state index in [0.717, 1.165) is 29.9 Å². The molecule has 0 amide bonds. The lowest BCUT2D eigenvalue weighted by atomic mass is 10.1. The Morgan fingerprint density at radius 2 is 2.13 bits per heavy atom.